The molecule has 0 saturated carbocycles. The zero-order valence-corrected chi connectivity index (χ0v) is 19.5. The van der Waals surface area contributed by atoms with Crippen molar-refractivity contribution in [3.63, 3.8) is 0 Å². The summed E-state index contributed by atoms with van der Waals surface area (Å²) in [5, 5.41) is 0. The van der Waals surface area contributed by atoms with Gasteiger partial charge in [0.1, 0.15) is 0 Å². The van der Waals surface area contributed by atoms with E-state index in [4.69, 9.17) is 0 Å². The molecule has 0 aliphatic carbocycles. The molecule has 0 heterocycles. The van der Waals surface area contributed by atoms with Crippen LogP contribution in [0.25, 0.3) is 0 Å². The van der Waals surface area contributed by atoms with Crippen LogP contribution in [0.5, 0.6) is 0 Å². The summed E-state index contributed by atoms with van der Waals surface area (Å²) in [5.41, 5.74) is 0. The van der Waals surface area contributed by atoms with Crippen molar-refractivity contribution in [3.8, 4) is 0 Å². The molecule has 0 spiro atoms. The molecule has 0 fully saturated rings. The largest absolute Gasteiger partial charge is 0.0966 e. The van der Waals surface area contributed by atoms with Crippen molar-refractivity contribution in [1.29, 1.82) is 0 Å². The summed E-state index contributed by atoms with van der Waals surface area (Å²) in [5.74, 6) is 7.25. The van der Waals surface area contributed by atoms with E-state index in [0.29, 0.717) is 0 Å². The molecule has 18 heavy (non-hydrogen) atoms. The lowest BCUT2D eigenvalue weighted by atomic mass is 10.1. The molecule has 0 aromatic carbocycles. The minimum atomic E-state index is 1.37. The molecule has 0 N–H and O–H groups in total. The minimum absolute atomic E-state index is 1.37. The minimum Gasteiger partial charge on any atom is -0.0966 e. The standard InChI is InChI=1S/C10H22.4CH3Br/c1-3-5-7-9-10-8-6-4-2;4*1-2/h3-10H2,1-2H3;4*1H3. The topological polar surface area (TPSA) is 0 Å². The third kappa shape index (κ3) is 64.5. The molecule has 0 aliphatic rings. The third-order valence-electron chi connectivity index (χ3n) is 1.96. The summed E-state index contributed by atoms with van der Waals surface area (Å²) in [6.07, 6.45) is 11.5. The highest BCUT2D eigenvalue weighted by molar-refractivity contribution is 9.09. The van der Waals surface area contributed by atoms with Gasteiger partial charge >= 0.3 is 0 Å². The van der Waals surface area contributed by atoms with Crippen molar-refractivity contribution in [2.24, 2.45) is 0 Å². The first-order chi connectivity index (χ1) is 8.91. The van der Waals surface area contributed by atoms with Gasteiger partial charge < -0.3 is 0 Å². The molecule has 0 aromatic rings. The second-order valence-corrected chi connectivity index (χ2v) is 3.12. The fourth-order valence-corrected chi connectivity index (χ4v) is 1.21. The smallest absolute Gasteiger partial charge is 0.00848 e. The lowest BCUT2D eigenvalue weighted by Gasteiger charge is -1.97. The van der Waals surface area contributed by atoms with Gasteiger partial charge in [0.05, 0.1) is 0 Å². The van der Waals surface area contributed by atoms with Crippen LogP contribution in [0.1, 0.15) is 65.2 Å². The molecule has 0 atom stereocenters. The van der Waals surface area contributed by atoms with Crippen molar-refractivity contribution in [1.82, 2.24) is 0 Å². The number of hydrogen-bond acceptors (Lipinski definition) is 0. The molecule has 0 bridgehead atoms. The van der Waals surface area contributed by atoms with E-state index in [2.05, 4.69) is 77.6 Å². The van der Waals surface area contributed by atoms with Gasteiger partial charge in [-0.05, 0) is 23.3 Å². The van der Waals surface area contributed by atoms with Gasteiger partial charge in [-0.2, -0.15) is 0 Å². The molecular formula is C14H34Br4. The van der Waals surface area contributed by atoms with Gasteiger partial charge in [0.2, 0.25) is 0 Å². The summed E-state index contributed by atoms with van der Waals surface area (Å²) in [7, 11) is 0. The number of halogens is 4. The maximum atomic E-state index is 2.94. The lowest BCUT2D eigenvalue weighted by Crippen LogP contribution is -1.77. The van der Waals surface area contributed by atoms with Crippen molar-refractivity contribution in [2.75, 3.05) is 23.3 Å². The first-order valence-corrected chi connectivity index (χ1v) is 12.8. The van der Waals surface area contributed by atoms with Crippen molar-refractivity contribution >= 4 is 63.7 Å². The van der Waals surface area contributed by atoms with E-state index < -0.39 is 0 Å². The predicted molar refractivity (Wildman–Crippen MR) is 108 cm³/mol. The molecule has 4 heteroatoms. The zero-order chi connectivity index (χ0) is 15.7. The summed E-state index contributed by atoms with van der Waals surface area (Å²) in [6, 6.07) is 0. The van der Waals surface area contributed by atoms with Gasteiger partial charge in [0.25, 0.3) is 0 Å². The average molecular weight is 522 g/mol. The molecule has 118 valence electrons. The van der Waals surface area contributed by atoms with Crippen LogP contribution >= 0.6 is 63.7 Å². The van der Waals surface area contributed by atoms with E-state index in [1.807, 2.05) is 23.3 Å². The van der Waals surface area contributed by atoms with E-state index in [-0.39, 0.29) is 0 Å². The van der Waals surface area contributed by atoms with E-state index in [0.717, 1.165) is 0 Å². The third-order valence-corrected chi connectivity index (χ3v) is 1.96. The van der Waals surface area contributed by atoms with Crippen LogP contribution in [-0.2, 0) is 0 Å². The summed E-state index contributed by atoms with van der Waals surface area (Å²) in [4.78, 5) is 0. The monoisotopic (exact) mass is 518 g/mol. The molecule has 0 saturated heterocycles. The van der Waals surface area contributed by atoms with Crippen molar-refractivity contribution in [3.05, 3.63) is 0 Å². The number of unbranched alkanes of at least 4 members (excludes halogenated alkanes) is 7. The van der Waals surface area contributed by atoms with Crippen LogP contribution in [0.3, 0.4) is 0 Å². The highest BCUT2D eigenvalue weighted by Gasteiger charge is 1.87. The van der Waals surface area contributed by atoms with E-state index in [1.165, 1.54) is 51.4 Å². The Balaban J connectivity index is -0.0000000596. The normalized spacial score (nSPS) is 7.00. The summed E-state index contributed by atoms with van der Waals surface area (Å²) < 4.78 is 0. The second kappa shape index (κ2) is 61.7. The van der Waals surface area contributed by atoms with E-state index in [9.17, 15) is 0 Å². The quantitative estimate of drug-likeness (QED) is 0.234. The maximum absolute atomic E-state index is 2.94. The fraction of sp³-hybridized carbons (Fsp3) is 1.00. The van der Waals surface area contributed by atoms with Gasteiger partial charge in [0, 0.05) is 0 Å². The SMILES string of the molecule is CBr.CBr.CBr.CBr.CCCCCCCCCC. The van der Waals surface area contributed by atoms with Gasteiger partial charge in [-0.3, -0.25) is 0 Å². The Morgan fingerprint density at radius 3 is 0.722 bits per heavy atom. The predicted octanol–water partition coefficient (Wildman–Crippen LogP) is 8.19. The van der Waals surface area contributed by atoms with E-state index >= 15 is 0 Å². The average Bonchev–Trinajstić information content (AvgIpc) is 2.51. The Labute approximate surface area is 151 Å². The second-order valence-electron chi connectivity index (χ2n) is 3.12. The van der Waals surface area contributed by atoms with Crippen LogP contribution < -0.4 is 0 Å². The highest BCUT2D eigenvalue weighted by Crippen LogP contribution is 2.07. The van der Waals surface area contributed by atoms with Crippen LogP contribution in [0.15, 0.2) is 0 Å². The Hall–Kier alpha value is 1.92. The van der Waals surface area contributed by atoms with E-state index in [1.54, 1.807) is 0 Å². The first kappa shape index (κ1) is 32.0. The summed E-state index contributed by atoms with van der Waals surface area (Å²) in [6.45, 7) is 4.54. The Morgan fingerprint density at radius 2 is 0.556 bits per heavy atom. The van der Waals surface area contributed by atoms with Gasteiger partial charge in [-0.1, -0.05) is 129 Å². The highest BCUT2D eigenvalue weighted by atomic mass is 79.9. The molecule has 0 aromatic heterocycles. The van der Waals surface area contributed by atoms with Crippen LogP contribution in [0.2, 0.25) is 0 Å². The molecule has 0 rings (SSSR count). The van der Waals surface area contributed by atoms with Crippen LogP contribution in [0.4, 0.5) is 0 Å². The molecule has 0 nitrogen and oxygen atoms in total. The fourth-order valence-electron chi connectivity index (χ4n) is 1.21. The molecule has 0 radical (unpaired) electrons. The molecular weight excluding hydrogens is 488 g/mol. The maximum Gasteiger partial charge on any atom is -0.00848 e. The zero-order valence-electron chi connectivity index (χ0n) is 13.2. The summed E-state index contributed by atoms with van der Waals surface area (Å²) >= 11 is 11.8. The van der Waals surface area contributed by atoms with Crippen LogP contribution in [0, 0.1) is 0 Å². The molecule has 0 amide bonds. The number of alkyl halides is 4. The van der Waals surface area contributed by atoms with Gasteiger partial charge in [0.15, 0.2) is 0 Å². The number of hydrogen-bond donors (Lipinski definition) is 0. The first-order valence-electron chi connectivity index (χ1n) is 6.43. The molecule has 0 aliphatic heterocycles. The van der Waals surface area contributed by atoms with Gasteiger partial charge in [-0.15, -0.1) is 0 Å². The lowest BCUT2D eigenvalue weighted by molar-refractivity contribution is 0.585. The van der Waals surface area contributed by atoms with Crippen molar-refractivity contribution < 1.29 is 0 Å². The Kier molecular flexibility index (Phi) is 110. The Bertz CT molecular complexity index is 53.8. The number of rotatable bonds is 7. The van der Waals surface area contributed by atoms with Crippen LogP contribution in [-0.4, -0.2) is 23.3 Å². The van der Waals surface area contributed by atoms with Crippen molar-refractivity contribution in [2.45, 2.75) is 65.2 Å². The van der Waals surface area contributed by atoms with Gasteiger partial charge in [-0.25, -0.2) is 0 Å². The molecule has 0 unspecified atom stereocenters. The Morgan fingerprint density at radius 1 is 0.389 bits per heavy atom.